The van der Waals surface area contributed by atoms with E-state index in [0.29, 0.717) is 13.0 Å². The van der Waals surface area contributed by atoms with Crippen LogP contribution in [0.15, 0.2) is 48.7 Å². The molecule has 4 N–H and O–H groups in total. The zero-order valence-electron chi connectivity index (χ0n) is 13.2. The molecule has 1 aromatic heterocycles. The number of nitrogens with two attached hydrogens (primary N) is 1. The van der Waals surface area contributed by atoms with Crippen molar-refractivity contribution in [3.8, 4) is 5.75 Å². The van der Waals surface area contributed by atoms with Crippen LogP contribution in [0.2, 0.25) is 0 Å². The normalized spacial score (nSPS) is 11.2. The van der Waals surface area contributed by atoms with Gasteiger partial charge in [-0.15, -0.1) is 24.8 Å². The predicted octanol–water partition coefficient (Wildman–Crippen LogP) is 3.92. The number of phenols is 1. The van der Waals surface area contributed by atoms with E-state index in [1.54, 1.807) is 30.5 Å². The molecule has 25 heavy (non-hydrogen) atoms. The van der Waals surface area contributed by atoms with Crippen molar-refractivity contribution in [2.24, 2.45) is 5.73 Å². The van der Waals surface area contributed by atoms with E-state index in [1.807, 2.05) is 18.2 Å². The Bertz CT molecular complexity index is 824. The Balaban J connectivity index is 0.00000156. The van der Waals surface area contributed by atoms with Crippen molar-refractivity contribution >= 4 is 58.0 Å². The van der Waals surface area contributed by atoms with Crippen LogP contribution >= 0.6 is 36.3 Å². The Labute approximate surface area is 162 Å². The monoisotopic (exact) mass is 399 g/mol. The lowest BCUT2D eigenvalue weighted by Gasteiger charge is -2.16. The first-order valence-corrected chi connectivity index (χ1v) is 8.09. The van der Waals surface area contributed by atoms with Gasteiger partial charge in [-0.3, -0.25) is 4.79 Å². The summed E-state index contributed by atoms with van der Waals surface area (Å²) in [6.07, 6.45) is 2.35. The van der Waals surface area contributed by atoms with Crippen LogP contribution in [-0.2, 0) is 4.79 Å². The number of hydrogen-bond acceptors (Lipinski definition) is 5. The number of anilines is 1. The van der Waals surface area contributed by atoms with Gasteiger partial charge in [-0.1, -0.05) is 12.1 Å². The van der Waals surface area contributed by atoms with Crippen LogP contribution in [0.5, 0.6) is 5.75 Å². The summed E-state index contributed by atoms with van der Waals surface area (Å²) in [5, 5.41) is 13.4. The van der Waals surface area contributed by atoms with Crippen molar-refractivity contribution in [1.82, 2.24) is 4.37 Å². The van der Waals surface area contributed by atoms with E-state index >= 15 is 0 Å². The summed E-state index contributed by atoms with van der Waals surface area (Å²) in [7, 11) is 0. The number of aromatic hydroxyl groups is 1. The highest BCUT2D eigenvalue weighted by atomic mass is 35.5. The molecule has 1 unspecified atom stereocenters. The lowest BCUT2D eigenvalue weighted by molar-refractivity contribution is -0.117. The van der Waals surface area contributed by atoms with Crippen molar-refractivity contribution in [1.29, 1.82) is 0 Å². The summed E-state index contributed by atoms with van der Waals surface area (Å²) in [5.74, 6) is -0.279. The van der Waals surface area contributed by atoms with Crippen LogP contribution in [0.4, 0.5) is 5.69 Å². The van der Waals surface area contributed by atoms with Crippen molar-refractivity contribution in [3.63, 3.8) is 0 Å². The van der Waals surface area contributed by atoms with Gasteiger partial charge in [0.2, 0.25) is 5.91 Å². The first-order valence-electron chi connectivity index (χ1n) is 7.31. The smallest absolute Gasteiger partial charge is 0.231 e. The molecule has 8 heteroatoms. The van der Waals surface area contributed by atoms with Crippen LogP contribution in [0.1, 0.15) is 17.9 Å². The molecule has 0 saturated carbocycles. The van der Waals surface area contributed by atoms with Gasteiger partial charge in [0.25, 0.3) is 0 Å². The number of fused-ring (bicyclic) bond motifs is 1. The molecule has 2 aromatic carbocycles. The van der Waals surface area contributed by atoms with E-state index in [-0.39, 0.29) is 42.4 Å². The molecule has 1 heterocycles. The maximum atomic E-state index is 12.6. The molecule has 0 bridgehead atoms. The number of hydrogen-bond donors (Lipinski definition) is 3. The van der Waals surface area contributed by atoms with E-state index < -0.39 is 0 Å². The molecule has 1 amide bonds. The third-order valence-corrected chi connectivity index (χ3v) is 4.45. The summed E-state index contributed by atoms with van der Waals surface area (Å²) in [6.45, 7) is 0.410. The molecule has 3 aromatic rings. The largest absolute Gasteiger partial charge is 0.508 e. The Morgan fingerprint density at radius 1 is 1.20 bits per heavy atom. The van der Waals surface area contributed by atoms with E-state index in [2.05, 4.69) is 9.69 Å². The summed E-state index contributed by atoms with van der Waals surface area (Å²) in [5.41, 5.74) is 7.23. The van der Waals surface area contributed by atoms with E-state index in [9.17, 15) is 9.90 Å². The van der Waals surface area contributed by atoms with Gasteiger partial charge in [-0.05, 0) is 60.4 Å². The van der Waals surface area contributed by atoms with Crippen LogP contribution in [-0.4, -0.2) is 21.9 Å². The molecule has 5 nitrogen and oxygen atoms in total. The van der Waals surface area contributed by atoms with Gasteiger partial charge < -0.3 is 16.2 Å². The number of carbonyl (C=O) groups is 1. The van der Waals surface area contributed by atoms with Gasteiger partial charge in [0.05, 0.1) is 10.6 Å². The third-order valence-electron chi connectivity index (χ3n) is 3.69. The van der Waals surface area contributed by atoms with E-state index in [0.717, 1.165) is 21.3 Å². The molecule has 1 atom stereocenters. The number of carbonyl (C=O) groups excluding carboxylic acids is 1. The van der Waals surface area contributed by atoms with Gasteiger partial charge in [0.15, 0.2) is 0 Å². The predicted molar refractivity (Wildman–Crippen MR) is 107 cm³/mol. The average Bonchev–Trinajstić information content (AvgIpc) is 3.01. The minimum atomic E-state index is -0.349. The number of amides is 1. The standard InChI is InChI=1S/C17H17N3O2S.2ClH/c18-8-7-15(11-2-5-14(21)6-3-11)17(22)20-13-4-1-12-10-19-23-16(12)9-13;;/h1-6,9-10,15,21H,7-8,18H2,(H,20,22);2*1H. The highest BCUT2D eigenvalue weighted by Gasteiger charge is 2.20. The zero-order chi connectivity index (χ0) is 16.2. The minimum Gasteiger partial charge on any atom is -0.508 e. The molecule has 0 radical (unpaired) electrons. The van der Waals surface area contributed by atoms with Crippen LogP contribution in [0, 0.1) is 0 Å². The molecule has 3 rings (SSSR count). The average molecular weight is 400 g/mol. The topological polar surface area (TPSA) is 88.2 Å². The number of halogens is 2. The number of benzene rings is 2. The van der Waals surface area contributed by atoms with Gasteiger partial charge in [0.1, 0.15) is 5.75 Å². The summed E-state index contributed by atoms with van der Waals surface area (Å²) in [6, 6.07) is 12.4. The highest BCUT2D eigenvalue weighted by molar-refractivity contribution is 7.13. The molecular weight excluding hydrogens is 381 g/mol. The maximum absolute atomic E-state index is 12.6. The molecule has 0 aliphatic heterocycles. The van der Waals surface area contributed by atoms with Gasteiger partial charge in [0, 0.05) is 17.3 Å². The maximum Gasteiger partial charge on any atom is 0.231 e. The zero-order valence-corrected chi connectivity index (χ0v) is 15.7. The van der Waals surface area contributed by atoms with E-state index in [1.165, 1.54) is 11.5 Å². The van der Waals surface area contributed by atoms with Gasteiger partial charge in [-0.25, -0.2) is 0 Å². The van der Waals surface area contributed by atoms with Crippen molar-refractivity contribution in [2.45, 2.75) is 12.3 Å². The quantitative estimate of drug-likeness (QED) is 0.606. The Kier molecular flexibility index (Phi) is 8.12. The molecule has 134 valence electrons. The fraction of sp³-hybridized carbons (Fsp3) is 0.176. The van der Waals surface area contributed by atoms with Gasteiger partial charge >= 0.3 is 0 Å². The molecule has 0 aliphatic carbocycles. The lowest BCUT2D eigenvalue weighted by atomic mass is 9.94. The fourth-order valence-electron chi connectivity index (χ4n) is 2.49. The molecular formula is C17H19Cl2N3O2S. The van der Waals surface area contributed by atoms with Crippen LogP contribution in [0.3, 0.4) is 0 Å². The molecule has 0 aliphatic rings. The second-order valence-corrected chi connectivity index (χ2v) is 6.12. The minimum absolute atomic E-state index is 0. The van der Waals surface area contributed by atoms with Crippen LogP contribution < -0.4 is 11.1 Å². The van der Waals surface area contributed by atoms with Crippen LogP contribution in [0.25, 0.3) is 10.1 Å². The molecule has 0 spiro atoms. The highest BCUT2D eigenvalue weighted by Crippen LogP contribution is 2.26. The Morgan fingerprint density at radius 3 is 2.60 bits per heavy atom. The summed E-state index contributed by atoms with van der Waals surface area (Å²) >= 11 is 1.40. The van der Waals surface area contributed by atoms with Crippen molar-refractivity contribution < 1.29 is 9.90 Å². The van der Waals surface area contributed by atoms with E-state index in [4.69, 9.17) is 5.73 Å². The van der Waals surface area contributed by atoms with Crippen molar-refractivity contribution in [2.75, 3.05) is 11.9 Å². The Morgan fingerprint density at radius 2 is 1.92 bits per heavy atom. The number of phenolic OH excluding ortho intramolecular Hbond substituents is 1. The first kappa shape index (κ1) is 21.2. The first-order chi connectivity index (χ1) is 11.2. The Hall–Kier alpha value is -1.86. The number of aromatic nitrogens is 1. The van der Waals surface area contributed by atoms with Gasteiger partial charge in [-0.2, -0.15) is 4.37 Å². The molecule has 0 saturated heterocycles. The SMILES string of the molecule is Cl.Cl.NCCC(C(=O)Nc1ccc2cnsc2c1)c1ccc(O)cc1. The number of nitrogens with zero attached hydrogens (tertiary/aromatic N) is 1. The summed E-state index contributed by atoms with van der Waals surface area (Å²) < 4.78 is 5.16. The lowest BCUT2D eigenvalue weighted by Crippen LogP contribution is -2.23. The summed E-state index contributed by atoms with van der Waals surface area (Å²) in [4.78, 5) is 12.6. The molecule has 0 fully saturated rings. The van der Waals surface area contributed by atoms with Crippen molar-refractivity contribution in [3.05, 3.63) is 54.2 Å². The second kappa shape index (κ2) is 9.58. The second-order valence-electron chi connectivity index (χ2n) is 5.29. The number of nitrogens with one attached hydrogen (secondary N) is 1. The third kappa shape index (κ3) is 5.06. The fourth-order valence-corrected chi connectivity index (χ4v) is 3.18. The number of rotatable bonds is 5.